The number of hydrogen-bond acceptors (Lipinski definition) is 5. The number of anilines is 2. The van der Waals surface area contributed by atoms with Crippen molar-refractivity contribution in [3.8, 4) is 10.6 Å². The second kappa shape index (κ2) is 9.39. The second-order valence-corrected chi connectivity index (χ2v) is 6.99. The van der Waals surface area contributed by atoms with Crippen LogP contribution in [0.3, 0.4) is 0 Å². The number of rotatable bonds is 4. The number of hydrogen-bond donors (Lipinski definition) is 3. The van der Waals surface area contributed by atoms with Gasteiger partial charge < -0.3 is 45.0 Å². The maximum Gasteiger partial charge on any atom is 0.430 e. The number of carbonyl (C=O) groups excluding carboxylic acids is 1. The highest BCUT2D eigenvalue weighted by Crippen LogP contribution is 2.30. The second-order valence-electron chi connectivity index (χ2n) is 5.05. The van der Waals surface area contributed by atoms with Crippen LogP contribution < -0.4 is 55.3 Å². The van der Waals surface area contributed by atoms with Gasteiger partial charge in [0.2, 0.25) is 11.6 Å². The fraction of sp³-hybridized carbons (Fsp3) is 0.133. The molecule has 0 radical (unpaired) electrons. The van der Waals surface area contributed by atoms with Crippen LogP contribution in [0.1, 0.15) is 12.6 Å². The van der Waals surface area contributed by atoms with Crippen LogP contribution in [0.2, 0.25) is 0 Å². The lowest BCUT2D eigenvalue weighted by Crippen LogP contribution is -3.00. The first-order chi connectivity index (χ1) is 11.0. The number of thiazole rings is 2. The van der Waals surface area contributed by atoms with Gasteiger partial charge in [-0.15, -0.1) is 4.98 Å². The Hall–Kier alpha value is -1.33. The maximum atomic E-state index is 11.0. The van der Waals surface area contributed by atoms with Gasteiger partial charge in [0.15, 0.2) is 5.13 Å². The summed E-state index contributed by atoms with van der Waals surface area (Å²) in [7, 11) is 0. The van der Waals surface area contributed by atoms with Crippen molar-refractivity contribution in [2.45, 2.75) is 13.8 Å². The van der Waals surface area contributed by atoms with Crippen LogP contribution >= 0.6 is 22.7 Å². The largest absolute Gasteiger partial charge is 1.00 e. The van der Waals surface area contributed by atoms with Gasteiger partial charge in [0.25, 0.3) is 0 Å². The molecule has 0 aliphatic heterocycles. The van der Waals surface area contributed by atoms with E-state index < -0.39 is 0 Å². The smallest absolute Gasteiger partial charge is 0.430 e. The van der Waals surface area contributed by atoms with Gasteiger partial charge in [-0.1, -0.05) is 11.3 Å². The predicted octanol–water partition coefficient (Wildman–Crippen LogP) is -3.93. The van der Waals surface area contributed by atoms with E-state index in [9.17, 15) is 4.79 Å². The molecule has 0 unspecified atom stereocenters. The Bertz CT molecular complexity index is 848. The summed E-state index contributed by atoms with van der Waals surface area (Å²) in [6.07, 6.45) is 0. The Morgan fingerprint density at radius 2 is 1.96 bits per heavy atom. The Morgan fingerprint density at radius 3 is 2.52 bits per heavy atom. The normalized spacial score (nSPS) is 9.84. The Morgan fingerprint density at radius 1 is 1.28 bits per heavy atom. The predicted molar refractivity (Wildman–Crippen MR) is 93.1 cm³/mol. The molecule has 0 saturated carbocycles. The summed E-state index contributed by atoms with van der Waals surface area (Å²) in [5, 5.41) is 8.50. The van der Waals surface area contributed by atoms with Gasteiger partial charge in [-0.2, -0.15) is 0 Å². The molecular weight excluding hydrogens is 490 g/mol. The summed E-state index contributed by atoms with van der Waals surface area (Å²) in [4.78, 5) is 19.7. The monoisotopic (exact) mass is 505 g/mol. The highest BCUT2D eigenvalue weighted by Gasteiger charge is 2.20. The zero-order valence-corrected chi connectivity index (χ0v) is 18.3. The first kappa shape index (κ1) is 21.7. The molecule has 25 heavy (non-hydrogen) atoms. The molecule has 0 aliphatic carbocycles. The summed E-state index contributed by atoms with van der Waals surface area (Å²) in [6, 6.07) is 7.70. The zero-order valence-electron chi connectivity index (χ0n) is 13.5. The van der Waals surface area contributed by atoms with Gasteiger partial charge in [0, 0.05) is 24.7 Å². The molecule has 0 spiro atoms. The number of quaternary nitrogens is 1. The molecular formula is C15H17Br2N5OS2. The van der Waals surface area contributed by atoms with Gasteiger partial charge in [0.1, 0.15) is 10.6 Å². The number of nitrogens with zero attached hydrogens (tertiary/aromatic N) is 1. The van der Waals surface area contributed by atoms with Crippen LogP contribution in [-0.2, 0) is 4.79 Å². The number of nitrogens with one attached hydrogen (secondary N) is 2. The lowest BCUT2D eigenvalue weighted by atomic mass is 10.3. The van der Waals surface area contributed by atoms with E-state index in [0.717, 1.165) is 32.8 Å². The third-order valence-electron chi connectivity index (χ3n) is 3.15. The van der Waals surface area contributed by atoms with Gasteiger partial charge in [0.05, 0.1) is 11.1 Å². The number of aryl methyl sites for hydroxylation is 1. The zero-order chi connectivity index (χ0) is 16.4. The molecule has 0 bridgehead atoms. The van der Waals surface area contributed by atoms with Crippen LogP contribution in [0, 0.1) is 6.92 Å². The highest BCUT2D eigenvalue weighted by molar-refractivity contribution is 7.19. The van der Waals surface area contributed by atoms with Crippen LogP contribution in [0.25, 0.3) is 10.6 Å². The van der Waals surface area contributed by atoms with Crippen molar-refractivity contribution >= 4 is 50.2 Å². The third-order valence-corrected chi connectivity index (χ3v) is 5.00. The van der Waals surface area contributed by atoms with E-state index in [0.29, 0.717) is 5.13 Å². The van der Waals surface area contributed by atoms with Crippen molar-refractivity contribution < 1.29 is 49.1 Å². The number of nitrogen functional groups attached to an aromatic ring is 1. The van der Waals surface area contributed by atoms with E-state index in [1.807, 2.05) is 31.2 Å². The number of benzene rings is 1. The van der Waals surface area contributed by atoms with Crippen LogP contribution in [0.5, 0.6) is 0 Å². The minimum Gasteiger partial charge on any atom is -1.00 e. The van der Waals surface area contributed by atoms with E-state index in [2.05, 4.69) is 26.0 Å². The molecule has 2 heterocycles. The topological polar surface area (TPSA) is 98.8 Å². The Balaban J connectivity index is 0.00000156. The Kier molecular flexibility index (Phi) is 8.16. The molecule has 6 nitrogen and oxygen atoms in total. The number of aromatic nitrogens is 2. The molecule has 1 aromatic carbocycles. The summed E-state index contributed by atoms with van der Waals surface area (Å²) in [5.74, 6) is -0.0721. The molecule has 134 valence electrons. The fourth-order valence-electron chi connectivity index (χ4n) is 2.18. The van der Waals surface area contributed by atoms with E-state index in [4.69, 9.17) is 5.73 Å². The number of amides is 1. The SMILES string of the molecule is CC(=O)Nc1ccc([NH2+]c2[nH+]c(-c3sc(N)nc3C)cs2)cc1.[Br-].[Br-]. The van der Waals surface area contributed by atoms with Crippen molar-refractivity contribution in [1.82, 2.24) is 4.98 Å². The van der Waals surface area contributed by atoms with Crippen molar-refractivity contribution in [2.75, 3.05) is 11.1 Å². The molecule has 1 amide bonds. The van der Waals surface area contributed by atoms with E-state index in [-0.39, 0.29) is 39.9 Å². The number of carbonyl (C=O) groups is 1. The molecule has 0 atom stereocenters. The number of aromatic amines is 1. The lowest BCUT2D eigenvalue weighted by Gasteiger charge is -2.00. The first-order valence-electron chi connectivity index (χ1n) is 6.98. The summed E-state index contributed by atoms with van der Waals surface area (Å²) in [5.41, 5.74) is 9.58. The summed E-state index contributed by atoms with van der Waals surface area (Å²) >= 11 is 3.11. The average molecular weight is 507 g/mol. The van der Waals surface area contributed by atoms with Crippen molar-refractivity contribution in [2.24, 2.45) is 0 Å². The molecule has 2 aromatic heterocycles. The highest BCUT2D eigenvalue weighted by atomic mass is 79.9. The fourth-order valence-corrected chi connectivity index (χ4v) is 3.85. The van der Waals surface area contributed by atoms with Crippen molar-refractivity contribution in [3.63, 3.8) is 0 Å². The van der Waals surface area contributed by atoms with E-state index in [1.54, 1.807) is 11.3 Å². The maximum absolute atomic E-state index is 11.0. The third kappa shape index (κ3) is 5.58. The van der Waals surface area contributed by atoms with Gasteiger partial charge >= 0.3 is 5.13 Å². The minimum atomic E-state index is -0.0721. The number of halogens is 2. The number of nitrogens with two attached hydrogens (primary N) is 2. The quantitative estimate of drug-likeness (QED) is 0.315. The standard InChI is InChI=1S/C15H15N5OS2.2BrH/c1-8-13(23-14(16)17-8)12-7-22-15(20-12)19-11-5-3-10(4-6-11)18-9(2)21;;/h3-7H,1-2H3,(H2,16,17)(H,18,21)(H,19,20);2*1H. The first-order valence-corrected chi connectivity index (χ1v) is 8.67. The molecule has 0 fully saturated rings. The van der Waals surface area contributed by atoms with E-state index in [1.165, 1.54) is 18.3 Å². The molecule has 3 aromatic rings. The van der Waals surface area contributed by atoms with Crippen molar-refractivity contribution in [3.05, 3.63) is 35.3 Å². The number of H-pyrrole nitrogens is 1. The van der Waals surface area contributed by atoms with E-state index >= 15 is 0 Å². The van der Waals surface area contributed by atoms with Gasteiger partial charge in [-0.05, 0) is 30.4 Å². The molecule has 0 saturated heterocycles. The molecule has 3 rings (SSSR count). The summed E-state index contributed by atoms with van der Waals surface area (Å²) < 4.78 is 0. The van der Waals surface area contributed by atoms with Gasteiger partial charge in [-0.25, -0.2) is 10.3 Å². The Labute approximate surface area is 174 Å². The molecule has 10 heteroatoms. The van der Waals surface area contributed by atoms with Crippen LogP contribution in [0.15, 0.2) is 29.6 Å². The molecule has 0 aliphatic rings. The van der Waals surface area contributed by atoms with Gasteiger partial charge in [-0.3, -0.25) is 4.79 Å². The van der Waals surface area contributed by atoms with Crippen LogP contribution in [0.4, 0.5) is 21.6 Å². The lowest BCUT2D eigenvalue weighted by molar-refractivity contribution is -0.573. The average Bonchev–Trinajstić information content (AvgIpc) is 3.07. The van der Waals surface area contributed by atoms with Crippen LogP contribution in [-0.4, -0.2) is 10.9 Å². The summed E-state index contributed by atoms with van der Waals surface area (Å²) in [6.45, 7) is 3.45. The molecule has 6 N–H and O–H groups in total. The van der Waals surface area contributed by atoms with Crippen molar-refractivity contribution in [1.29, 1.82) is 0 Å². The minimum absolute atomic E-state index is 0.